The molecule has 0 amide bonds. The number of hydrogen-bond acceptors (Lipinski definition) is 5. The molecule has 0 saturated carbocycles. The van der Waals surface area contributed by atoms with Crippen LogP contribution in [0.1, 0.15) is 0 Å². The van der Waals surface area contributed by atoms with Gasteiger partial charge in [-0.2, -0.15) is 0 Å². The van der Waals surface area contributed by atoms with Crippen LogP contribution < -0.4 is 10.5 Å². The molecular formula is C11H15N3O4S. The minimum Gasteiger partial charge on any atom is -0.399 e. The first-order chi connectivity index (χ1) is 8.94. The van der Waals surface area contributed by atoms with Gasteiger partial charge in [0.15, 0.2) is 0 Å². The smallest absolute Gasteiger partial charge is 0.242 e. The summed E-state index contributed by atoms with van der Waals surface area (Å²) in [6, 6.07) is 4.91. The Hall–Kier alpha value is -1.61. The highest BCUT2D eigenvalue weighted by molar-refractivity contribution is 7.89. The number of H-pyrrole nitrogens is 1. The Bertz CT molecular complexity index is 680. The molecule has 0 radical (unpaired) electrons. The van der Waals surface area contributed by atoms with E-state index in [1.54, 1.807) is 18.2 Å². The van der Waals surface area contributed by atoms with Crippen LogP contribution in [0.15, 0.2) is 29.3 Å². The average molecular weight is 285 g/mol. The number of nitrogen functional groups attached to an aromatic ring is 1. The van der Waals surface area contributed by atoms with Gasteiger partial charge >= 0.3 is 0 Å². The number of sulfonamides is 1. The van der Waals surface area contributed by atoms with E-state index < -0.39 is 22.7 Å². The van der Waals surface area contributed by atoms with E-state index in [1.165, 1.54) is 6.20 Å². The van der Waals surface area contributed by atoms with Crippen molar-refractivity contribution in [1.82, 2.24) is 9.71 Å². The topological polar surface area (TPSA) is 128 Å². The number of aromatic amines is 1. The summed E-state index contributed by atoms with van der Waals surface area (Å²) in [5.74, 6) is 0. The largest absolute Gasteiger partial charge is 0.399 e. The summed E-state index contributed by atoms with van der Waals surface area (Å²) in [7, 11) is -3.77. The Kier molecular flexibility index (Phi) is 3.76. The summed E-state index contributed by atoms with van der Waals surface area (Å²) in [4.78, 5) is 2.89. The second kappa shape index (κ2) is 5.17. The zero-order valence-corrected chi connectivity index (χ0v) is 10.8. The van der Waals surface area contributed by atoms with Gasteiger partial charge in [0.2, 0.25) is 10.0 Å². The third kappa shape index (κ3) is 2.87. The summed E-state index contributed by atoms with van der Waals surface area (Å²) in [6.45, 7) is -0.767. The molecule has 0 bridgehead atoms. The number of hydrogen-bond donors (Lipinski definition) is 5. The van der Waals surface area contributed by atoms with E-state index >= 15 is 0 Å². The third-order valence-corrected chi connectivity index (χ3v) is 4.14. The number of aromatic nitrogens is 1. The van der Waals surface area contributed by atoms with Gasteiger partial charge in [0.05, 0.1) is 12.7 Å². The molecule has 1 heterocycles. The van der Waals surface area contributed by atoms with Crippen LogP contribution >= 0.6 is 0 Å². The molecule has 2 rings (SSSR count). The number of aliphatic hydroxyl groups is 2. The van der Waals surface area contributed by atoms with Gasteiger partial charge in [-0.1, -0.05) is 0 Å². The fraction of sp³-hybridized carbons (Fsp3) is 0.273. The van der Waals surface area contributed by atoms with Crippen LogP contribution in [0.5, 0.6) is 0 Å². The minimum absolute atomic E-state index is 0.0555. The van der Waals surface area contributed by atoms with E-state index in [0.717, 1.165) is 0 Å². The second-order valence-electron chi connectivity index (χ2n) is 4.15. The zero-order chi connectivity index (χ0) is 14.0. The quantitative estimate of drug-likeness (QED) is 0.468. The molecule has 2 aromatic rings. The first-order valence-electron chi connectivity index (χ1n) is 5.59. The van der Waals surface area contributed by atoms with Gasteiger partial charge in [0, 0.05) is 29.3 Å². The molecule has 0 fully saturated rings. The molecule has 7 nitrogen and oxygen atoms in total. The van der Waals surface area contributed by atoms with Crippen LogP contribution in [0.2, 0.25) is 0 Å². The van der Waals surface area contributed by atoms with Crippen LogP contribution in [0.3, 0.4) is 0 Å². The SMILES string of the molecule is Nc1ccc2[nH]cc(S(=O)(=O)NCC(O)CO)c2c1. The van der Waals surface area contributed by atoms with Crippen LogP contribution in [0.25, 0.3) is 10.9 Å². The van der Waals surface area contributed by atoms with Crippen molar-refractivity contribution in [3.8, 4) is 0 Å². The summed E-state index contributed by atoms with van der Waals surface area (Å²) in [6.07, 6.45) is 0.225. The Labute approximate surface area is 110 Å². The predicted octanol–water partition coefficient (Wildman–Crippen LogP) is -0.618. The van der Waals surface area contributed by atoms with E-state index in [1.807, 2.05) is 0 Å². The number of fused-ring (bicyclic) bond motifs is 1. The Morgan fingerprint density at radius 2 is 2.16 bits per heavy atom. The molecule has 1 aromatic carbocycles. The molecule has 6 N–H and O–H groups in total. The molecule has 8 heteroatoms. The molecule has 0 aliphatic heterocycles. The van der Waals surface area contributed by atoms with Crippen molar-refractivity contribution >= 4 is 26.6 Å². The standard InChI is InChI=1S/C11H15N3O4S/c12-7-1-2-10-9(3-7)11(5-13-10)19(17,18)14-4-8(16)6-15/h1-3,5,8,13-16H,4,6,12H2. The van der Waals surface area contributed by atoms with Gasteiger partial charge in [0.25, 0.3) is 0 Å². The first-order valence-corrected chi connectivity index (χ1v) is 7.07. The van der Waals surface area contributed by atoms with E-state index in [0.29, 0.717) is 16.6 Å². The maximum atomic E-state index is 12.1. The number of benzene rings is 1. The lowest BCUT2D eigenvalue weighted by atomic mass is 10.2. The van der Waals surface area contributed by atoms with Gasteiger partial charge in [-0.3, -0.25) is 0 Å². The van der Waals surface area contributed by atoms with Gasteiger partial charge in [-0.05, 0) is 18.2 Å². The van der Waals surface area contributed by atoms with Crippen LogP contribution in [-0.4, -0.2) is 42.9 Å². The van der Waals surface area contributed by atoms with Gasteiger partial charge < -0.3 is 20.9 Å². The predicted molar refractivity (Wildman–Crippen MR) is 71.0 cm³/mol. The summed E-state index contributed by atoms with van der Waals surface area (Å²) < 4.78 is 26.4. The van der Waals surface area contributed by atoms with Gasteiger partial charge in [0.1, 0.15) is 4.90 Å². The molecular weight excluding hydrogens is 270 g/mol. The van der Waals surface area contributed by atoms with E-state index in [-0.39, 0.29) is 11.4 Å². The number of rotatable bonds is 5. The normalized spacial score (nSPS) is 13.8. The first kappa shape index (κ1) is 13.8. The van der Waals surface area contributed by atoms with Crippen molar-refractivity contribution < 1.29 is 18.6 Å². The Morgan fingerprint density at radius 1 is 1.42 bits per heavy atom. The molecule has 1 aromatic heterocycles. The maximum Gasteiger partial charge on any atom is 0.242 e. The molecule has 0 aliphatic rings. The molecule has 104 valence electrons. The molecule has 0 aliphatic carbocycles. The Balaban J connectivity index is 2.35. The number of anilines is 1. The molecule has 1 atom stereocenters. The Morgan fingerprint density at radius 3 is 2.84 bits per heavy atom. The van der Waals surface area contributed by atoms with Crippen molar-refractivity contribution in [2.24, 2.45) is 0 Å². The second-order valence-corrected chi connectivity index (χ2v) is 5.88. The summed E-state index contributed by atoms with van der Waals surface area (Å²) >= 11 is 0. The summed E-state index contributed by atoms with van der Waals surface area (Å²) in [5, 5.41) is 18.3. The number of aliphatic hydroxyl groups excluding tert-OH is 2. The summed E-state index contributed by atoms with van der Waals surface area (Å²) in [5.41, 5.74) is 6.74. The highest BCUT2D eigenvalue weighted by atomic mass is 32.2. The number of nitrogens with one attached hydrogen (secondary N) is 2. The third-order valence-electron chi connectivity index (χ3n) is 2.68. The fourth-order valence-electron chi connectivity index (χ4n) is 1.68. The highest BCUT2D eigenvalue weighted by Crippen LogP contribution is 2.24. The maximum absolute atomic E-state index is 12.1. The van der Waals surface area contributed by atoms with Crippen LogP contribution in [0, 0.1) is 0 Å². The van der Waals surface area contributed by atoms with Crippen molar-refractivity contribution in [1.29, 1.82) is 0 Å². The van der Waals surface area contributed by atoms with E-state index in [2.05, 4.69) is 9.71 Å². The lowest BCUT2D eigenvalue weighted by Crippen LogP contribution is -2.33. The van der Waals surface area contributed by atoms with Crippen LogP contribution in [-0.2, 0) is 10.0 Å². The fourth-order valence-corrected chi connectivity index (χ4v) is 2.92. The average Bonchev–Trinajstić information content (AvgIpc) is 2.79. The molecule has 0 spiro atoms. The molecule has 0 saturated heterocycles. The van der Waals surface area contributed by atoms with Crippen molar-refractivity contribution in [3.63, 3.8) is 0 Å². The van der Waals surface area contributed by atoms with E-state index in [4.69, 9.17) is 10.8 Å². The van der Waals surface area contributed by atoms with Crippen molar-refractivity contribution in [2.45, 2.75) is 11.0 Å². The lowest BCUT2D eigenvalue weighted by Gasteiger charge is -2.09. The number of nitrogens with two attached hydrogens (primary N) is 1. The highest BCUT2D eigenvalue weighted by Gasteiger charge is 2.19. The van der Waals surface area contributed by atoms with Crippen molar-refractivity contribution in [3.05, 3.63) is 24.4 Å². The lowest BCUT2D eigenvalue weighted by molar-refractivity contribution is 0.0988. The van der Waals surface area contributed by atoms with Gasteiger partial charge in [-0.15, -0.1) is 0 Å². The minimum atomic E-state index is -3.77. The van der Waals surface area contributed by atoms with Gasteiger partial charge in [-0.25, -0.2) is 13.1 Å². The van der Waals surface area contributed by atoms with Crippen LogP contribution in [0.4, 0.5) is 5.69 Å². The van der Waals surface area contributed by atoms with Crippen molar-refractivity contribution in [2.75, 3.05) is 18.9 Å². The monoisotopic (exact) mass is 285 g/mol. The van der Waals surface area contributed by atoms with E-state index in [9.17, 15) is 13.5 Å². The molecule has 19 heavy (non-hydrogen) atoms. The molecule has 1 unspecified atom stereocenters. The zero-order valence-electron chi connectivity index (χ0n) is 10.00.